The molecule has 0 radical (unpaired) electrons. The molecule has 9 heteroatoms. The summed E-state index contributed by atoms with van der Waals surface area (Å²) in [6, 6.07) is 1.86. The Morgan fingerprint density at radius 3 is 2.75 bits per heavy atom. The van der Waals surface area contributed by atoms with Gasteiger partial charge < -0.3 is 15.6 Å². The second kappa shape index (κ2) is 4.96. The van der Waals surface area contributed by atoms with Crippen LogP contribution in [0.4, 0.5) is 10.1 Å². The molecule has 104 valence electrons. The normalized spacial score (nSPS) is 10.3. The second-order valence-corrected chi connectivity index (χ2v) is 3.70. The molecule has 1 aromatic heterocycles. The van der Waals surface area contributed by atoms with E-state index in [-0.39, 0.29) is 17.2 Å². The lowest BCUT2D eigenvalue weighted by atomic mass is 10.1. The Bertz CT molecular complexity index is 698. The van der Waals surface area contributed by atoms with Gasteiger partial charge in [0, 0.05) is 6.07 Å². The molecule has 1 aromatic carbocycles. The first-order valence-corrected chi connectivity index (χ1v) is 5.26. The van der Waals surface area contributed by atoms with Crippen LogP contribution in [0, 0.1) is 5.82 Å². The first kappa shape index (κ1) is 13.5. The minimum atomic E-state index is -1.44. The average Bonchev–Trinajstić information content (AvgIpc) is 2.89. The van der Waals surface area contributed by atoms with Crippen LogP contribution in [0.3, 0.4) is 0 Å². The molecular formula is C11H9FN4O4. The number of esters is 1. The molecule has 20 heavy (non-hydrogen) atoms. The number of aromatic nitrogens is 3. The highest BCUT2D eigenvalue weighted by molar-refractivity contribution is 5.90. The van der Waals surface area contributed by atoms with Crippen LogP contribution < -0.4 is 5.73 Å². The maximum Gasteiger partial charge on any atom is 0.377 e. The summed E-state index contributed by atoms with van der Waals surface area (Å²) in [4.78, 5) is 25.6. The van der Waals surface area contributed by atoms with Gasteiger partial charge in [0.2, 0.25) is 0 Å². The predicted octanol–water partition coefficient (Wildman–Crippen LogP) is 0.473. The van der Waals surface area contributed by atoms with Gasteiger partial charge in [-0.1, -0.05) is 0 Å². The summed E-state index contributed by atoms with van der Waals surface area (Å²) in [5, 5.41) is 12.5. The van der Waals surface area contributed by atoms with Crippen LogP contribution in [0.1, 0.15) is 21.0 Å². The van der Waals surface area contributed by atoms with Crippen molar-refractivity contribution >= 4 is 17.6 Å². The van der Waals surface area contributed by atoms with Crippen LogP contribution in [-0.2, 0) is 4.74 Å². The molecule has 3 N–H and O–H groups in total. The largest absolute Gasteiger partial charge is 0.478 e. The SMILES string of the molecule is COC(=O)c1ncn(-c2cc(F)c(C(=O)O)cc2N)n1. The number of carboxylic acid groups (broad SMARTS) is 1. The predicted molar refractivity (Wildman–Crippen MR) is 64.0 cm³/mol. The topological polar surface area (TPSA) is 120 Å². The molecule has 0 saturated carbocycles. The molecule has 0 aliphatic carbocycles. The van der Waals surface area contributed by atoms with Crippen molar-refractivity contribution in [3.63, 3.8) is 0 Å². The van der Waals surface area contributed by atoms with E-state index < -0.39 is 23.3 Å². The lowest BCUT2D eigenvalue weighted by molar-refractivity contribution is 0.0586. The molecule has 8 nitrogen and oxygen atoms in total. The number of benzene rings is 1. The molecule has 0 amide bonds. The van der Waals surface area contributed by atoms with Gasteiger partial charge in [0.25, 0.3) is 5.82 Å². The Morgan fingerprint density at radius 1 is 1.45 bits per heavy atom. The van der Waals surface area contributed by atoms with Crippen molar-refractivity contribution in [2.45, 2.75) is 0 Å². The van der Waals surface area contributed by atoms with Gasteiger partial charge in [-0.05, 0) is 6.07 Å². The maximum atomic E-state index is 13.6. The summed E-state index contributed by atoms with van der Waals surface area (Å²) in [6.07, 6.45) is 1.14. The van der Waals surface area contributed by atoms with Crippen LogP contribution in [0.2, 0.25) is 0 Å². The molecule has 0 aliphatic heterocycles. The first-order chi connectivity index (χ1) is 9.43. The molecule has 1 heterocycles. The first-order valence-electron chi connectivity index (χ1n) is 5.26. The number of aromatic carboxylic acids is 1. The number of hydrogen-bond donors (Lipinski definition) is 2. The summed E-state index contributed by atoms with van der Waals surface area (Å²) in [5.74, 6) is -3.40. The Hall–Kier alpha value is -2.97. The Balaban J connectivity index is 2.48. The molecule has 0 fully saturated rings. The van der Waals surface area contributed by atoms with Gasteiger partial charge in [-0.25, -0.2) is 23.6 Å². The minimum Gasteiger partial charge on any atom is -0.478 e. The second-order valence-electron chi connectivity index (χ2n) is 3.70. The number of hydrogen-bond acceptors (Lipinski definition) is 6. The monoisotopic (exact) mass is 280 g/mol. The Morgan fingerprint density at radius 2 is 2.15 bits per heavy atom. The smallest absolute Gasteiger partial charge is 0.377 e. The van der Waals surface area contributed by atoms with E-state index in [4.69, 9.17) is 10.8 Å². The van der Waals surface area contributed by atoms with Gasteiger partial charge in [-0.15, -0.1) is 5.10 Å². The van der Waals surface area contributed by atoms with Gasteiger partial charge in [-0.3, -0.25) is 0 Å². The summed E-state index contributed by atoms with van der Waals surface area (Å²) in [6.45, 7) is 0. The summed E-state index contributed by atoms with van der Waals surface area (Å²) >= 11 is 0. The van der Waals surface area contributed by atoms with Crippen molar-refractivity contribution in [3.8, 4) is 5.69 Å². The summed E-state index contributed by atoms with van der Waals surface area (Å²) < 4.78 is 19.1. The number of ether oxygens (including phenoxy) is 1. The van der Waals surface area contributed by atoms with Crippen molar-refractivity contribution in [2.24, 2.45) is 0 Å². The highest BCUT2D eigenvalue weighted by atomic mass is 19.1. The van der Waals surface area contributed by atoms with Gasteiger partial charge in [0.15, 0.2) is 0 Å². The van der Waals surface area contributed by atoms with Gasteiger partial charge >= 0.3 is 11.9 Å². The van der Waals surface area contributed by atoms with Crippen molar-refractivity contribution in [2.75, 3.05) is 12.8 Å². The number of carboxylic acids is 1. The molecule has 2 aromatic rings. The molecule has 0 bridgehead atoms. The molecule has 0 saturated heterocycles. The van der Waals surface area contributed by atoms with E-state index in [1.807, 2.05) is 0 Å². The molecule has 2 rings (SSSR count). The van der Waals surface area contributed by atoms with E-state index in [2.05, 4.69) is 14.8 Å². The van der Waals surface area contributed by atoms with Gasteiger partial charge in [0.05, 0.1) is 24.0 Å². The standard InChI is InChI=1S/C11H9FN4O4/c1-20-11(19)9-14-4-16(15-9)8-3-6(12)5(10(17)18)2-7(8)13/h2-4H,13H2,1H3,(H,17,18). The number of nitrogens with zero attached hydrogens (tertiary/aromatic N) is 3. The highest BCUT2D eigenvalue weighted by Crippen LogP contribution is 2.21. The van der Waals surface area contributed by atoms with Crippen molar-refractivity contribution in [1.82, 2.24) is 14.8 Å². The quantitative estimate of drug-likeness (QED) is 0.619. The number of anilines is 1. The van der Waals surface area contributed by atoms with Crippen molar-refractivity contribution in [3.05, 3.63) is 35.7 Å². The number of nitrogen functional groups attached to an aromatic ring is 1. The van der Waals surface area contributed by atoms with Crippen molar-refractivity contribution in [1.29, 1.82) is 0 Å². The van der Waals surface area contributed by atoms with Crippen LogP contribution in [-0.4, -0.2) is 38.9 Å². The third kappa shape index (κ3) is 2.28. The average molecular weight is 280 g/mol. The Kier molecular flexibility index (Phi) is 3.34. The van der Waals surface area contributed by atoms with E-state index in [1.165, 1.54) is 7.11 Å². The number of carbonyl (C=O) groups excluding carboxylic acids is 1. The summed E-state index contributed by atoms with van der Waals surface area (Å²) in [5.41, 5.74) is 5.13. The zero-order valence-electron chi connectivity index (χ0n) is 10.2. The van der Waals surface area contributed by atoms with E-state index in [0.29, 0.717) is 0 Å². The molecule has 0 spiro atoms. The summed E-state index contributed by atoms with van der Waals surface area (Å²) in [7, 11) is 1.17. The molecule has 0 aliphatic rings. The van der Waals surface area contributed by atoms with Crippen LogP contribution >= 0.6 is 0 Å². The van der Waals surface area contributed by atoms with E-state index in [1.54, 1.807) is 0 Å². The van der Waals surface area contributed by atoms with E-state index in [0.717, 1.165) is 23.1 Å². The zero-order chi connectivity index (χ0) is 14.9. The third-order valence-electron chi connectivity index (χ3n) is 2.45. The fraction of sp³-hybridized carbons (Fsp3) is 0.0909. The molecule has 0 atom stereocenters. The molecular weight excluding hydrogens is 271 g/mol. The number of rotatable bonds is 3. The van der Waals surface area contributed by atoms with Crippen LogP contribution in [0.25, 0.3) is 5.69 Å². The number of halogens is 1. The van der Waals surface area contributed by atoms with Gasteiger partial charge in [-0.2, -0.15) is 0 Å². The number of nitrogens with two attached hydrogens (primary N) is 1. The lowest BCUT2D eigenvalue weighted by Crippen LogP contribution is -2.08. The minimum absolute atomic E-state index is 0.0230. The lowest BCUT2D eigenvalue weighted by Gasteiger charge is -2.07. The van der Waals surface area contributed by atoms with Gasteiger partial charge in [0.1, 0.15) is 12.1 Å². The highest BCUT2D eigenvalue weighted by Gasteiger charge is 2.17. The Labute approximate surface area is 111 Å². The fourth-order valence-electron chi connectivity index (χ4n) is 1.51. The van der Waals surface area contributed by atoms with Crippen LogP contribution in [0.15, 0.2) is 18.5 Å². The maximum absolute atomic E-state index is 13.6. The van der Waals surface area contributed by atoms with E-state index >= 15 is 0 Å². The molecule has 0 unspecified atom stereocenters. The number of methoxy groups -OCH3 is 1. The third-order valence-corrected chi connectivity index (χ3v) is 2.45. The number of carbonyl (C=O) groups is 2. The van der Waals surface area contributed by atoms with Crippen LogP contribution in [0.5, 0.6) is 0 Å². The van der Waals surface area contributed by atoms with E-state index in [9.17, 15) is 14.0 Å². The fourth-order valence-corrected chi connectivity index (χ4v) is 1.51. The zero-order valence-corrected chi connectivity index (χ0v) is 10.2. The van der Waals surface area contributed by atoms with Crippen molar-refractivity contribution < 1.29 is 23.8 Å².